The van der Waals surface area contributed by atoms with Gasteiger partial charge in [-0.15, -0.1) is 0 Å². The van der Waals surface area contributed by atoms with Crippen LogP contribution in [-0.4, -0.2) is 18.2 Å². The van der Waals surface area contributed by atoms with Crippen molar-refractivity contribution in [3.8, 4) is 0 Å². The van der Waals surface area contributed by atoms with Crippen LogP contribution in [0.2, 0.25) is 0 Å². The zero-order chi connectivity index (χ0) is 20.1. The van der Waals surface area contributed by atoms with Crippen LogP contribution in [0.4, 0.5) is 10.1 Å². The van der Waals surface area contributed by atoms with Gasteiger partial charge in [-0.25, -0.2) is 4.39 Å². The van der Waals surface area contributed by atoms with Gasteiger partial charge in [0.2, 0.25) is 0 Å². The molecule has 0 atom stereocenters. The molecule has 2 rings (SSSR count). The average Bonchev–Trinajstić information content (AvgIpc) is 2.63. The normalized spacial score (nSPS) is 9.15. The maximum Gasteiger partial charge on any atom is 0.251 e. The molecule has 0 aromatic heterocycles. The molecule has 0 aliphatic heterocycles. The SMILES string of the molecule is CC.CC(=O)c1cc(C(=O)NCc2ccc(F)cc2)ccc1N.CCN. The van der Waals surface area contributed by atoms with E-state index in [-0.39, 0.29) is 24.1 Å². The minimum Gasteiger partial charge on any atom is -0.398 e. The number of carbonyl (C=O) groups is 2. The lowest BCUT2D eigenvalue weighted by Crippen LogP contribution is -2.23. The molecule has 0 unspecified atom stereocenters. The molecule has 5 N–H and O–H groups in total. The number of hydrogen-bond donors (Lipinski definition) is 3. The topological polar surface area (TPSA) is 98.2 Å². The van der Waals surface area contributed by atoms with E-state index in [0.717, 1.165) is 12.1 Å². The maximum atomic E-state index is 12.8. The Kier molecular flexibility index (Phi) is 11.3. The number of hydrogen-bond acceptors (Lipinski definition) is 4. The number of ketones is 1. The maximum absolute atomic E-state index is 12.8. The molecule has 5 nitrogen and oxygen atoms in total. The molecule has 1 amide bonds. The van der Waals surface area contributed by atoms with Crippen molar-refractivity contribution in [1.29, 1.82) is 0 Å². The quantitative estimate of drug-likeness (QED) is 0.573. The minimum atomic E-state index is -0.324. The summed E-state index contributed by atoms with van der Waals surface area (Å²) >= 11 is 0. The summed E-state index contributed by atoms with van der Waals surface area (Å²) in [6.45, 7) is 8.32. The van der Waals surface area contributed by atoms with Gasteiger partial charge in [-0.2, -0.15) is 0 Å². The lowest BCUT2D eigenvalue weighted by molar-refractivity contribution is 0.0951. The van der Waals surface area contributed by atoms with Crippen molar-refractivity contribution < 1.29 is 14.0 Å². The number of halogens is 1. The van der Waals surface area contributed by atoms with Crippen molar-refractivity contribution in [1.82, 2.24) is 5.32 Å². The monoisotopic (exact) mass is 361 g/mol. The van der Waals surface area contributed by atoms with Crippen molar-refractivity contribution >= 4 is 17.4 Å². The smallest absolute Gasteiger partial charge is 0.251 e. The van der Waals surface area contributed by atoms with Gasteiger partial charge in [-0.3, -0.25) is 9.59 Å². The lowest BCUT2D eigenvalue weighted by atomic mass is 10.1. The summed E-state index contributed by atoms with van der Waals surface area (Å²) < 4.78 is 12.8. The van der Waals surface area contributed by atoms with Crippen LogP contribution in [0.5, 0.6) is 0 Å². The molecular weight excluding hydrogens is 333 g/mol. The molecule has 0 aliphatic carbocycles. The van der Waals surface area contributed by atoms with Crippen LogP contribution in [0, 0.1) is 5.82 Å². The zero-order valence-electron chi connectivity index (χ0n) is 15.8. The first-order valence-electron chi connectivity index (χ1n) is 8.52. The Morgan fingerprint density at radius 2 is 1.62 bits per heavy atom. The van der Waals surface area contributed by atoms with E-state index in [4.69, 9.17) is 11.5 Å². The highest BCUT2D eigenvalue weighted by Gasteiger charge is 2.11. The fraction of sp³-hybridized carbons (Fsp3) is 0.300. The van der Waals surface area contributed by atoms with Crippen LogP contribution in [-0.2, 0) is 6.54 Å². The number of nitrogens with one attached hydrogen (secondary N) is 1. The van der Waals surface area contributed by atoms with Gasteiger partial charge in [-0.1, -0.05) is 32.9 Å². The Bertz CT molecular complexity index is 701. The summed E-state index contributed by atoms with van der Waals surface area (Å²) in [6, 6.07) is 10.4. The Hall–Kier alpha value is -2.73. The van der Waals surface area contributed by atoms with Crippen LogP contribution in [0.3, 0.4) is 0 Å². The number of nitrogens with two attached hydrogens (primary N) is 2. The van der Waals surface area contributed by atoms with Gasteiger partial charge in [0.15, 0.2) is 5.78 Å². The molecule has 0 bridgehead atoms. The summed E-state index contributed by atoms with van der Waals surface area (Å²) in [5.41, 5.74) is 12.3. The van der Waals surface area contributed by atoms with Crippen molar-refractivity contribution in [2.24, 2.45) is 5.73 Å². The molecule has 0 spiro atoms. The Morgan fingerprint density at radius 3 is 2.12 bits per heavy atom. The Morgan fingerprint density at radius 1 is 1.08 bits per heavy atom. The fourth-order valence-electron chi connectivity index (χ4n) is 1.89. The molecular formula is C20H28FN3O2. The van der Waals surface area contributed by atoms with E-state index in [9.17, 15) is 14.0 Å². The number of benzene rings is 2. The first-order chi connectivity index (χ1) is 12.4. The van der Waals surface area contributed by atoms with E-state index in [1.807, 2.05) is 20.8 Å². The van der Waals surface area contributed by atoms with Crippen molar-refractivity contribution in [2.45, 2.75) is 34.2 Å². The summed E-state index contributed by atoms with van der Waals surface area (Å²) in [4.78, 5) is 23.4. The second kappa shape index (κ2) is 12.6. The van der Waals surface area contributed by atoms with E-state index in [0.29, 0.717) is 16.8 Å². The number of amides is 1. The molecule has 0 saturated heterocycles. The van der Waals surface area contributed by atoms with Gasteiger partial charge in [0, 0.05) is 23.4 Å². The second-order valence-corrected chi connectivity index (χ2v) is 5.08. The van der Waals surface area contributed by atoms with Crippen molar-refractivity contribution in [3.05, 3.63) is 65.0 Å². The number of anilines is 1. The predicted molar refractivity (Wildman–Crippen MR) is 105 cm³/mol. The zero-order valence-corrected chi connectivity index (χ0v) is 15.8. The van der Waals surface area contributed by atoms with Crippen molar-refractivity contribution in [2.75, 3.05) is 12.3 Å². The highest BCUT2D eigenvalue weighted by molar-refractivity contribution is 6.03. The molecule has 0 radical (unpaired) electrons. The van der Waals surface area contributed by atoms with Gasteiger partial charge >= 0.3 is 0 Å². The predicted octanol–water partition coefficient (Wildman–Crippen LogP) is 3.53. The van der Waals surface area contributed by atoms with Gasteiger partial charge in [0.1, 0.15) is 5.82 Å². The van der Waals surface area contributed by atoms with Crippen LogP contribution in [0.25, 0.3) is 0 Å². The number of carbonyl (C=O) groups excluding carboxylic acids is 2. The van der Waals surface area contributed by atoms with Crippen molar-refractivity contribution in [3.63, 3.8) is 0 Å². The summed E-state index contributed by atoms with van der Waals surface area (Å²) in [7, 11) is 0. The molecule has 0 saturated carbocycles. The highest BCUT2D eigenvalue weighted by atomic mass is 19.1. The van der Waals surface area contributed by atoms with Gasteiger partial charge in [0.05, 0.1) is 0 Å². The fourth-order valence-corrected chi connectivity index (χ4v) is 1.89. The lowest BCUT2D eigenvalue weighted by Gasteiger charge is -2.08. The van der Waals surface area contributed by atoms with Gasteiger partial charge < -0.3 is 16.8 Å². The summed E-state index contributed by atoms with van der Waals surface area (Å²) in [6.07, 6.45) is 0. The van der Waals surface area contributed by atoms with Gasteiger partial charge in [0.25, 0.3) is 5.91 Å². The molecule has 142 valence electrons. The molecule has 2 aromatic rings. The second-order valence-electron chi connectivity index (χ2n) is 5.08. The van der Waals surface area contributed by atoms with Crippen LogP contribution in [0.15, 0.2) is 42.5 Å². The van der Waals surface area contributed by atoms with Gasteiger partial charge in [-0.05, 0) is 49.4 Å². The van der Waals surface area contributed by atoms with Crippen LogP contribution < -0.4 is 16.8 Å². The third kappa shape index (κ3) is 7.90. The molecule has 6 heteroatoms. The van der Waals surface area contributed by atoms with E-state index < -0.39 is 0 Å². The first kappa shape index (κ1) is 23.3. The van der Waals surface area contributed by atoms with Crippen LogP contribution >= 0.6 is 0 Å². The summed E-state index contributed by atoms with van der Waals surface area (Å²) in [5, 5.41) is 2.71. The highest BCUT2D eigenvalue weighted by Crippen LogP contribution is 2.15. The Balaban J connectivity index is 0.00000113. The summed E-state index contributed by atoms with van der Waals surface area (Å²) in [5.74, 6) is -0.836. The number of rotatable bonds is 4. The van der Waals surface area contributed by atoms with Crippen LogP contribution in [0.1, 0.15) is 54.0 Å². The minimum absolute atomic E-state index is 0.194. The first-order valence-corrected chi connectivity index (χ1v) is 8.52. The largest absolute Gasteiger partial charge is 0.398 e. The van der Waals surface area contributed by atoms with E-state index in [1.54, 1.807) is 18.2 Å². The third-order valence-electron chi connectivity index (χ3n) is 3.06. The number of Topliss-reactive ketones (excluding diaryl/α,β-unsaturated/α-hetero) is 1. The van der Waals surface area contributed by atoms with E-state index >= 15 is 0 Å². The number of nitrogen functional groups attached to an aromatic ring is 1. The molecule has 0 heterocycles. The third-order valence-corrected chi connectivity index (χ3v) is 3.06. The Labute approximate surface area is 154 Å². The molecule has 0 fully saturated rings. The molecule has 2 aromatic carbocycles. The molecule has 26 heavy (non-hydrogen) atoms. The average molecular weight is 361 g/mol. The van der Waals surface area contributed by atoms with E-state index in [2.05, 4.69) is 5.32 Å². The standard InChI is InChI=1S/C16H15FN2O2.C2H7N.C2H6/c1-10(20)14-8-12(4-7-15(14)18)16(21)19-9-11-2-5-13(17)6-3-11;1-2-3;1-2/h2-8H,9,18H2,1H3,(H,19,21);2-3H2,1H3;1-2H3. The van der Waals surface area contributed by atoms with E-state index in [1.165, 1.54) is 31.2 Å². The molecule has 0 aliphatic rings.